The van der Waals surface area contributed by atoms with Crippen molar-refractivity contribution in [1.82, 2.24) is 10.2 Å². The van der Waals surface area contributed by atoms with E-state index >= 15 is 0 Å². The summed E-state index contributed by atoms with van der Waals surface area (Å²) in [7, 11) is 0. The summed E-state index contributed by atoms with van der Waals surface area (Å²) in [5, 5.41) is 9.93. The molecule has 1 atom stereocenters. The van der Waals surface area contributed by atoms with E-state index in [1.807, 2.05) is 17.5 Å². The van der Waals surface area contributed by atoms with Gasteiger partial charge in [-0.15, -0.1) is 21.5 Å². The maximum absolute atomic E-state index is 13.0. The molecule has 3 rings (SSSR count). The number of aromatic nitrogens is 2. The maximum Gasteiger partial charge on any atom is 0.257 e. The van der Waals surface area contributed by atoms with E-state index in [0.717, 1.165) is 4.88 Å². The van der Waals surface area contributed by atoms with Crippen molar-refractivity contribution >= 4 is 27.3 Å². The van der Waals surface area contributed by atoms with Gasteiger partial charge in [-0.3, -0.25) is 0 Å². The topological polar surface area (TPSA) is 48.2 Å². The quantitative estimate of drug-likeness (QED) is 0.660. The molecule has 0 N–H and O–H groups in total. The van der Waals surface area contributed by atoms with Crippen LogP contribution in [0.3, 0.4) is 0 Å². The van der Waals surface area contributed by atoms with Gasteiger partial charge in [-0.05, 0) is 52.5 Å². The lowest BCUT2D eigenvalue weighted by atomic mass is 10.3. The van der Waals surface area contributed by atoms with Crippen LogP contribution in [0.4, 0.5) is 4.39 Å². The van der Waals surface area contributed by atoms with Crippen molar-refractivity contribution in [1.29, 1.82) is 0 Å². The molecule has 0 aliphatic carbocycles. The zero-order valence-electron chi connectivity index (χ0n) is 10.9. The Balaban J connectivity index is 1.78. The highest BCUT2D eigenvalue weighted by atomic mass is 79.9. The van der Waals surface area contributed by atoms with Crippen LogP contribution in [0.15, 0.2) is 44.6 Å². The summed E-state index contributed by atoms with van der Waals surface area (Å²) in [6.45, 7) is 1.79. The summed E-state index contributed by atoms with van der Waals surface area (Å²) in [6, 6.07) is 8.04. The molecule has 0 bridgehead atoms. The van der Waals surface area contributed by atoms with Gasteiger partial charge < -0.3 is 9.15 Å². The van der Waals surface area contributed by atoms with Gasteiger partial charge in [0.05, 0.1) is 9.35 Å². The van der Waals surface area contributed by atoms with Crippen LogP contribution >= 0.6 is 27.3 Å². The Hall–Kier alpha value is -1.73. The van der Waals surface area contributed by atoms with Crippen LogP contribution in [0.2, 0.25) is 0 Å². The Bertz CT molecular complexity index is 745. The number of ether oxygens (including phenoxy) is 1. The maximum atomic E-state index is 13.0. The molecule has 0 aliphatic heterocycles. The normalized spacial score (nSPS) is 12.3. The van der Waals surface area contributed by atoms with Crippen LogP contribution in [0, 0.1) is 5.82 Å². The molecule has 0 fully saturated rings. The standard InChI is InChI=1S/C14H10BrFN2O2S/c1-8(19-11-5-4-9(16)7-10(11)15)13-17-18-14(20-13)12-3-2-6-21-12/h2-8H,1H3. The Morgan fingerprint density at radius 3 is 2.90 bits per heavy atom. The summed E-state index contributed by atoms with van der Waals surface area (Å²) in [4.78, 5) is 0.906. The van der Waals surface area contributed by atoms with Crippen molar-refractivity contribution in [2.24, 2.45) is 0 Å². The number of thiophene rings is 1. The van der Waals surface area contributed by atoms with Crippen LogP contribution in [-0.2, 0) is 0 Å². The van der Waals surface area contributed by atoms with Gasteiger partial charge in [-0.25, -0.2) is 4.39 Å². The number of hydrogen-bond donors (Lipinski definition) is 0. The number of hydrogen-bond acceptors (Lipinski definition) is 5. The highest BCUT2D eigenvalue weighted by Gasteiger charge is 2.18. The fraction of sp³-hybridized carbons (Fsp3) is 0.143. The SMILES string of the molecule is CC(Oc1ccc(F)cc1Br)c1nnc(-c2cccs2)o1. The van der Waals surface area contributed by atoms with Gasteiger partial charge in [0, 0.05) is 0 Å². The average Bonchev–Trinajstić information content (AvgIpc) is 3.10. The summed E-state index contributed by atoms with van der Waals surface area (Å²) >= 11 is 4.78. The Morgan fingerprint density at radius 2 is 2.19 bits per heavy atom. The van der Waals surface area contributed by atoms with Gasteiger partial charge in [0.15, 0.2) is 6.10 Å². The fourth-order valence-corrected chi connectivity index (χ4v) is 2.80. The molecule has 1 aromatic carbocycles. The first kappa shape index (κ1) is 14.2. The van der Waals surface area contributed by atoms with Crippen molar-refractivity contribution in [3.63, 3.8) is 0 Å². The van der Waals surface area contributed by atoms with Crippen LogP contribution < -0.4 is 4.74 Å². The van der Waals surface area contributed by atoms with Crippen molar-refractivity contribution in [3.05, 3.63) is 51.9 Å². The first-order valence-electron chi connectivity index (χ1n) is 6.12. The molecule has 7 heteroatoms. The lowest BCUT2D eigenvalue weighted by molar-refractivity contribution is 0.188. The van der Waals surface area contributed by atoms with E-state index in [0.29, 0.717) is 22.0 Å². The molecular weight excluding hydrogens is 359 g/mol. The van der Waals surface area contributed by atoms with E-state index < -0.39 is 6.10 Å². The zero-order chi connectivity index (χ0) is 14.8. The third kappa shape index (κ3) is 3.14. The number of halogens is 2. The van der Waals surface area contributed by atoms with E-state index in [9.17, 15) is 4.39 Å². The highest BCUT2D eigenvalue weighted by Crippen LogP contribution is 2.31. The molecule has 3 aromatic rings. The lowest BCUT2D eigenvalue weighted by Gasteiger charge is -2.12. The predicted octanol–water partition coefficient (Wildman–Crippen LogP) is 4.84. The van der Waals surface area contributed by atoms with E-state index in [-0.39, 0.29) is 5.82 Å². The zero-order valence-corrected chi connectivity index (χ0v) is 13.3. The molecular formula is C14H10BrFN2O2S. The van der Waals surface area contributed by atoms with Gasteiger partial charge in [0.2, 0.25) is 0 Å². The number of nitrogens with zero attached hydrogens (tertiary/aromatic N) is 2. The summed E-state index contributed by atoms with van der Waals surface area (Å²) in [5.41, 5.74) is 0. The lowest BCUT2D eigenvalue weighted by Crippen LogP contribution is -2.04. The monoisotopic (exact) mass is 368 g/mol. The minimum Gasteiger partial charge on any atom is -0.480 e. The number of benzene rings is 1. The summed E-state index contributed by atoms with van der Waals surface area (Å²) < 4.78 is 24.9. The van der Waals surface area contributed by atoms with E-state index in [2.05, 4.69) is 26.1 Å². The highest BCUT2D eigenvalue weighted by molar-refractivity contribution is 9.10. The van der Waals surface area contributed by atoms with Crippen LogP contribution in [0.5, 0.6) is 5.75 Å². The fourth-order valence-electron chi connectivity index (χ4n) is 1.71. The molecule has 0 aliphatic rings. The summed E-state index contributed by atoms with van der Waals surface area (Å²) in [6.07, 6.45) is -0.437. The van der Waals surface area contributed by atoms with Crippen molar-refractivity contribution in [3.8, 4) is 16.5 Å². The molecule has 0 spiro atoms. The second-order valence-electron chi connectivity index (χ2n) is 4.26. The smallest absolute Gasteiger partial charge is 0.257 e. The molecule has 21 heavy (non-hydrogen) atoms. The molecule has 0 amide bonds. The van der Waals surface area contributed by atoms with E-state index in [1.165, 1.54) is 23.5 Å². The third-order valence-corrected chi connectivity index (χ3v) is 4.20. The minimum atomic E-state index is -0.437. The minimum absolute atomic E-state index is 0.334. The van der Waals surface area contributed by atoms with Gasteiger partial charge in [0.1, 0.15) is 11.6 Å². The molecule has 0 saturated heterocycles. The van der Waals surface area contributed by atoms with Crippen LogP contribution in [0.1, 0.15) is 18.9 Å². The Morgan fingerprint density at radius 1 is 1.33 bits per heavy atom. The first-order valence-corrected chi connectivity index (χ1v) is 7.80. The molecule has 108 valence electrons. The Labute approximate surface area is 132 Å². The molecule has 0 radical (unpaired) electrons. The van der Waals surface area contributed by atoms with Gasteiger partial charge in [-0.2, -0.15) is 0 Å². The molecule has 2 heterocycles. The third-order valence-electron chi connectivity index (χ3n) is 2.72. The van der Waals surface area contributed by atoms with Crippen molar-refractivity contribution in [2.75, 3.05) is 0 Å². The van der Waals surface area contributed by atoms with Gasteiger partial charge >= 0.3 is 0 Å². The molecule has 1 unspecified atom stereocenters. The average molecular weight is 369 g/mol. The van der Waals surface area contributed by atoms with Crippen LogP contribution in [0.25, 0.3) is 10.8 Å². The molecule has 4 nitrogen and oxygen atoms in total. The van der Waals surface area contributed by atoms with E-state index in [4.69, 9.17) is 9.15 Å². The van der Waals surface area contributed by atoms with Crippen molar-refractivity contribution in [2.45, 2.75) is 13.0 Å². The largest absolute Gasteiger partial charge is 0.480 e. The number of rotatable bonds is 4. The summed E-state index contributed by atoms with van der Waals surface area (Å²) in [5.74, 6) is 1.02. The van der Waals surface area contributed by atoms with Crippen LogP contribution in [-0.4, -0.2) is 10.2 Å². The second-order valence-corrected chi connectivity index (χ2v) is 6.06. The molecule has 2 aromatic heterocycles. The molecule has 0 saturated carbocycles. The predicted molar refractivity (Wildman–Crippen MR) is 80.8 cm³/mol. The van der Waals surface area contributed by atoms with Crippen molar-refractivity contribution < 1.29 is 13.5 Å². The van der Waals surface area contributed by atoms with E-state index in [1.54, 1.807) is 13.0 Å². The first-order chi connectivity index (χ1) is 10.1. The Kier molecular flexibility index (Phi) is 4.03. The van der Waals surface area contributed by atoms with Gasteiger partial charge in [-0.1, -0.05) is 6.07 Å². The second kappa shape index (κ2) is 5.95. The van der Waals surface area contributed by atoms with Gasteiger partial charge in [0.25, 0.3) is 11.8 Å².